The molecule has 0 spiro atoms. The van der Waals surface area contributed by atoms with Gasteiger partial charge in [-0.15, -0.1) is 0 Å². The largest absolute Gasteiger partial charge is 0.335 e. The van der Waals surface area contributed by atoms with Crippen LogP contribution in [0.5, 0.6) is 0 Å². The minimum atomic E-state index is -0.359. The van der Waals surface area contributed by atoms with Gasteiger partial charge in [-0.1, -0.05) is 18.2 Å². The number of para-hydroxylation sites is 1. The highest BCUT2D eigenvalue weighted by Gasteiger charge is 2.14. The normalized spacial score (nSPS) is 10.6. The molecule has 19 heavy (non-hydrogen) atoms. The molecule has 0 aliphatic heterocycles. The Morgan fingerprint density at radius 1 is 1.37 bits per heavy atom. The molecule has 100 valence electrons. The molecular weight excluding hydrogens is 244 g/mol. The van der Waals surface area contributed by atoms with E-state index in [9.17, 15) is 10.1 Å². The van der Waals surface area contributed by atoms with Gasteiger partial charge in [0.25, 0.3) is 5.69 Å². The van der Waals surface area contributed by atoms with Crippen molar-refractivity contribution in [3.63, 3.8) is 0 Å². The molecule has 2 aromatic rings. The quantitative estimate of drug-likeness (QED) is 0.633. The van der Waals surface area contributed by atoms with Gasteiger partial charge in [-0.3, -0.25) is 10.1 Å². The zero-order valence-corrected chi connectivity index (χ0v) is 10.5. The lowest BCUT2D eigenvalue weighted by atomic mass is 10.1. The Balaban J connectivity index is 2.22. The molecule has 0 aliphatic rings. The molecule has 0 atom stereocenters. The predicted octanol–water partition coefficient (Wildman–Crippen LogP) is 1.73. The second-order valence-corrected chi connectivity index (χ2v) is 4.24. The average Bonchev–Trinajstić information content (AvgIpc) is 2.84. The molecule has 2 N–H and O–H groups in total. The Bertz CT molecular complexity index is 565. The third-order valence-corrected chi connectivity index (χ3v) is 2.94. The molecule has 0 saturated carbocycles. The summed E-state index contributed by atoms with van der Waals surface area (Å²) in [6.45, 7) is 1.40. The van der Waals surface area contributed by atoms with Crippen LogP contribution in [0.1, 0.15) is 17.8 Å². The number of hydrogen-bond donors (Lipinski definition) is 1. The SMILES string of the molecule is NCCCn1ccnc1Cc1ccccc1[N+](=O)[O-]. The van der Waals surface area contributed by atoms with Crippen LogP contribution in [0.25, 0.3) is 0 Å². The van der Waals surface area contributed by atoms with Gasteiger partial charge >= 0.3 is 0 Å². The van der Waals surface area contributed by atoms with Crippen LogP contribution in [0.2, 0.25) is 0 Å². The molecule has 1 aromatic carbocycles. The van der Waals surface area contributed by atoms with E-state index >= 15 is 0 Å². The van der Waals surface area contributed by atoms with E-state index in [0.29, 0.717) is 18.5 Å². The van der Waals surface area contributed by atoms with Gasteiger partial charge in [-0.2, -0.15) is 0 Å². The van der Waals surface area contributed by atoms with Crippen molar-refractivity contribution in [2.45, 2.75) is 19.4 Å². The van der Waals surface area contributed by atoms with Gasteiger partial charge in [-0.25, -0.2) is 4.98 Å². The van der Waals surface area contributed by atoms with Crippen molar-refractivity contribution in [1.82, 2.24) is 9.55 Å². The first kappa shape index (κ1) is 13.2. The van der Waals surface area contributed by atoms with Crippen LogP contribution in [-0.4, -0.2) is 21.0 Å². The fraction of sp³-hybridized carbons (Fsp3) is 0.308. The first-order valence-corrected chi connectivity index (χ1v) is 6.14. The van der Waals surface area contributed by atoms with Crippen LogP contribution in [0.4, 0.5) is 5.69 Å². The van der Waals surface area contributed by atoms with E-state index in [1.54, 1.807) is 24.4 Å². The predicted molar refractivity (Wildman–Crippen MR) is 71.8 cm³/mol. The average molecular weight is 260 g/mol. The number of nitrogens with two attached hydrogens (primary N) is 1. The summed E-state index contributed by atoms with van der Waals surface area (Å²) >= 11 is 0. The Kier molecular flexibility index (Phi) is 4.25. The Morgan fingerprint density at radius 3 is 2.89 bits per heavy atom. The summed E-state index contributed by atoms with van der Waals surface area (Å²) in [6.07, 6.45) is 4.90. The number of aryl methyl sites for hydroxylation is 1. The van der Waals surface area contributed by atoms with Crippen molar-refractivity contribution in [1.29, 1.82) is 0 Å². The molecule has 6 heteroatoms. The summed E-state index contributed by atoms with van der Waals surface area (Å²) in [6, 6.07) is 6.75. The Hall–Kier alpha value is -2.21. The summed E-state index contributed by atoms with van der Waals surface area (Å²) in [5.41, 5.74) is 6.30. The third-order valence-electron chi connectivity index (χ3n) is 2.94. The van der Waals surface area contributed by atoms with Gasteiger partial charge in [0.15, 0.2) is 0 Å². The number of aromatic nitrogens is 2. The fourth-order valence-electron chi connectivity index (χ4n) is 1.98. The molecule has 0 unspecified atom stereocenters. The van der Waals surface area contributed by atoms with Gasteiger partial charge < -0.3 is 10.3 Å². The zero-order chi connectivity index (χ0) is 13.7. The third kappa shape index (κ3) is 3.17. The molecule has 0 saturated heterocycles. The number of benzene rings is 1. The van der Waals surface area contributed by atoms with Gasteiger partial charge in [-0.05, 0) is 13.0 Å². The monoisotopic (exact) mass is 260 g/mol. The lowest BCUT2D eigenvalue weighted by Gasteiger charge is -2.07. The molecule has 1 heterocycles. The minimum Gasteiger partial charge on any atom is -0.335 e. The second kappa shape index (κ2) is 6.10. The Labute approximate surface area is 111 Å². The highest BCUT2D eigenvalue weighted by molar-refractivity contribution is 5.41. The van der Waals surface area contributed by atoms with E-state index in [1.165, 1.54) is 6.07 Å². The van der Waals surface area contributed by atoms with Crippen LogP contribution in [-0.2, 0) is 13.0 Å². The summed E-state index contributed by atoms with van der Waals surface area (Å²) < 4.78 is 1.99. The topological polar surface area (TPSA) is 87.0 Å². The molecule has 0 fully saturated rings. The van der Waals surface area contributed by atoms with E-state index in [2.05, 4.69) is 4.98 Å². The number of nitrogens with zero attached hydrogens (tertiary/aromatic N) is 3. The number of imidazole rings is 1. The van der Waals surface area contributed by atoms with Gasteiger partial charge in [0.2, 0.25) is 0 Å². The first-order chi connectivity index (χ1) is 9.22. The van der Waals surface area contributed by atoms with Crippen LogP contribution < -0.4 is 5.73 Å². The van der Waals surface area contributed by atoms with Crippen molar-refractivity contribution in [3.05, 3.63) is 58.2 Å². The first-order valence-electron chi connectivity index (χ1n) is 6.14. The lowest BCUT2D eigenvalue weighted by Crippen LogP contribution is -2.09. The van der Waals surface area contributed by atoms with Crippen LogP contribution in [0, 0.1) is 10.1 Å². The molecular formula is C13H16N4O2. The number of hydrogen-bond acceptors (Lipinski definition) is 4. The van der Waals surface area contributed by atoms with E-state index < -0.39 is 0 Å². The van der Waals surface area contributed by atoms with Crippen LogP contribution in [0.15, 0.2) is 36.7 Å². The van der Waals surface area contributed by atoms with Crippen LogP contribution in [0.3, 0.4) is 0 Å². The Morgan fingerprint density at radius 2 is 2.16 bits per heavy atom. The summed E-state index contributed by atoms with van der Waals surface area (Å²) in [4.78, 5) is 14.9. The van der Waals surface area contributed by atoms with Crippen molar-refractivity contribution in [2.75, 3.05) is 6.54 Å². The smallest absolute Gasteiger partial charge is 0.273 e. The number of nitro groups is 1. The molecule has 6 nitrogen and oxygen atoms in total. The maximum absolute atomic E-state index is 11.0. The summed E-state index contributed by atoms with van der Waals surface area (Å²) in [5.74, 6) is 0.822. The van der Waals surface area contributed by atoms with Crippen molar-refractivity contribution in [3.8, 4) is 0 Å². The highest BCUT2D eigenvalue weighted by Crippen LogP contribution is 2.20. The summed E-state index contributed by atoms with van der Waals surface area (Å²) in [5, 5.41) is 11.0. The maximum atomic E-state index is 11.0. The zero-order valence-electron chi connectivity index (χ0n) is 10.5. The van der Waals surface area contributed by atoms with Crippen LogP contribution >= 0.6 is 0 Å². The van der Waals surface area contributed by atoms with E-state index in [-0.39, 0.29) is 10.6 Å². The van der Waals surface area contributed by atoms with Crippen molar-refractivity contribution >= 4 is 5.69 Å². The highest BCUT2D eigenvalue weighted by atomic mass is 16.6. The fourth-order valence-corrected chi connectivity index (χ4v) is 1.98. The van der Waals surface area contributed by atoms with Gasteiger partial charge in [0.05, 0.1) is 4.92 Å². The van der Waals surface area contributed by atoms with Gasteiger partial charge in [0, 0.05) is 37.0 Å². The lowest BCUT2D eigenvalue weighted by molar-refractivity contribution is -0.385. The number of nitro benzene ring substituents is 1. The molecule has 0 amide bonds. The molecule has 0 bridgehead atoms. The second-order valence-electron chi connectivity index (χ2n) is 4.24. The van der Waals surface area contributed by atoms with Gasteiger partial charge in [0.1, 0.15) is 5.82 Å². The van der Waals surface area contributed by atoms with Crippen molar-refractivity contribution < 1.29 is 4.92 Å². The molecule has 2 rings (SSSR count). The molecule has 0 aliphatic carbocycles. The standard InChI is InChI=1S/C13H16N4O2/c14-6-3-8-16-9-7-15-13(16)10-11-4-1-2-5-12(11)17(18)19/h1-2,4-5,7,9H,3,6,8,10,14H2. The van der Waals surface area contributed by atoms with E-state index in [0.717, 1.165) is 18.8 Å². The van der Waals surface area contributed by atoms with E-state index in [1.807, 2.05) is 10.8 Å². The minimum absolute atomic E-state index is 0.135. The maximum Gasteiger partial charge on any atom is 0.273 e. The van der Waals surface area contributed by atoms with E-state index in [4.69, 9.17) is 5.73 Å². The summed E-state index contributed by atoms with van der Waals surface area (Å²) in [7, 11) is 0. The molecule has 1 aromatic heterocycles. The number of rotatable bonds is 6. The molecule has 0 radical (unpaired) electrons. The van der Waals surface area contributed by atoms with Crippen molar-refractivity contribution in [2.24, 2.45) is 5.73 Å².